The van der Waals surface area contributed by atoms with Gasteiger partial charge in [-0.25, -0.2) is 0 Å². The normalized spacial score (nSPS) is 15.8. The number of aryl methyl sites for hydroxylation is 3. The van der Waals surface area contributed by atoms with Gasteiger partial charge in [-0.15, -0.1) is 10.2 Å². The Morgan fingerprint density at radius 1 is 1.13 bits per heavy atom. The fourth-order valence-electron chi connectivity index (χ4n) is 3.62. The summed E-state index contributed by atoms with van der Waals surface area (Å²) in [6.45, 7) is 3.44. The summed E-state index contributed by atoms with van der Waals surface area (Å²) in [4.78, 5) is 12.3. The standard InChI is InChI=1S/C24H28N4O2S/c1-18-9-12-20(13-10-18)28-22(14-11-19-6-3-2-4-7-19)26-27-24(28)31-17-23(29)25-16-21-8-5-15-30-21/h2-4,6-7,9-10,12-13,21H,5,8,11,14-17H2,1H3,(H,25,29)/t21-/m0/s1. The maximum Gasteiger partial charge on any atom is 0.230 e. The third-order valence-corrected chi connectivity index (χ3v) is 6.28. The molecule has 1 N–H and O–H groups in total. The quantitative estimate of drug-likeness (QED) is 0.518. The van der Waals surface area contributed by atoms with Crippen LogP contribution >= 0.6 is 11.8 Å². The Balaban J connectivity index is 1.45. The maximum absolute atomic E-state index is 12.3. The zero-order valence-corrected chi connectivity index (χ0v) is 18.6. The zero-order valence-electron chi connectivity index (χ0n) is 17.8. The van der Waals surface area contributed by atoms with Crippen molar-refractivity contribution in [1.29, 1.82) is 0 Å². The molecule has 4 rings (SSSR count). The van der Waals surface area contributed by atoms with E-state index < -0.39 is 0 Å². The molecule has 1 atom stereocenters. The second-order valence-corrected chi connectivity index (χ2v) is 8.73. The van der Waals surface area contributed by atoms with Gasteiger partial charge in [0.1, 0.15) is 5.82 Å². The van der Waals surface area contributed by atoms with E-state index in [1.807, 2.05) is 6.07 Å². The van der Waals surface area contributed by atoms with Crippen LogP contribution in [0.4, 0.5) is 0 Å². The number of amides is 1. The van der Waals surface area contributed by atoms with Gasteiger partial charge >= 0.3 is 0 Å². The van der Waals surface area contributed by atoms with E-state index in [-0.39, 0.29) is 12.0 Å². The average Bonchev–Trinajstić information content (AvgIpc) is 3.46. The third kappa shape index (κ3) is 5.95. The third-order valence-electron chi connectivity index (χ3n) is 5.36. The monoisotopic (exact) mass is 436 g/mol. The fraction of sp³-hybridized carbons (Fsp3) is 0.375. The summed E-state index contributed by atoms with van der Waals surface area (Å²) < 4.78 is 7.64. The van der Waals surface area contributed by atoms with Gasteiger partial charge in [-0.05, 0) is 43.9 Å². The van der Waals surface area contributed by atoms with Crippen LogP contribution in [-0.2, 0) is 22.4 Å². The van der Waals surface area contributed by atoms with Gasteiger partial charge in [0.2, 0.25) is 5.91 Å². The number of hydrogen-bond donors (Lipinski definition) is 1. The molecule has 1 aromatic heterocycles. The predicted octanol–water partition coefficient (Wildman–Crippen LogP) is 3.75. The largest absolute Gasteiger partial charge is 0.376 e. The van der Waals surface area contributed by atoms with Crippen LogP contribution in [0, 0.1) is 6.92 Å². The van der Waals surface area contributed by atoms with Gasteiger partial charge in [0.25, 0.3) is 0 Å². The Morgan fingerprint density at radius 2 is 1.94 bits per heavy atom. The first-order valence-electron chi connectivity index (χ1n) is 10.8. The minimum atomic E-state index is -0.00945. The Kier molecular flexibility index (Phi) is 7.38. The summed E-state index contributed by atoms with van der Waals surface area (Å²) in [5, 5.41) is 12.6. The minimum absolute atomic E-state index is 0.00945. The Hall–Kier alpha value is -2.64. The summed E-state index contributed by atoms with van der Waals surface area (Å²) in [5.74, 6) is 1.19. The van der Waals surface area contributed by atoms with Crippen LogP contribution in [0.25, 0.3) is 5.69 Å². The van der Waals surface area contributed by atoms with Gasteiger partial charge in [-0.3, -0.25) is 9.36 Å². The van der Waals surface area contributed by atoms with E-state index in [0.29, 0.717) is 12.3 Å². The molecular weight excluding hydrogens is 408 g/mol. The number of aromatic nitrogens is 3. The van der Waals surface area contributed by atoms with Crippen LogP contribution in [0.1, 0.15) is 29.8 Å². The Morgan fingerprint density at radius 3 is 2.68 bits per heavy atom. The SMILES string of the molecule is Cc1ccc(-n2c(CCc3ccccc3)nnc2SCC(=O)NC[C@@H]2CCCO2)cc1. The molecule has 1 saturated heterocycles. The highest BCUT2D eigenvalue weighted by Crippen LogP contribution is 2.23. The second-order valence-electron chi connectivity index (χ2n) is 7.78. The minimum Gasteiger partial charge on any atom is -0.376 e. The first-order chi connectivity index (χ1) is 15.2. The van der Waals surface area contributed by atoms with Crippen molar-refractivity contribution in [3.05, 3.63) is 71.5 Å². The first kappa shape index (κ1) is 21.6. The molecular formula is C24H28N4O2S. The molecule has 1 fully saturated rings. The van der Waals surface area contributed by atoms with Gasteiger partial charge in [0, 0.05) is 25.3 Å². The molecule has 0 radical (unpaired) electrons. The van der Waals surface area contributed by atoms with E-state index in [4.69, 9.17) is 4.74 Å². The zero-order chi connectivity index (χ0) is 21.5. The fourth-order valence-corrected chi connectivity index (χ4v) is 4.42. The van der Waals surface area contributed by atoms with Crippen molar-refractivity contribution in [1.82, 2.24) is 20.1 Å². The highest BCUT2D eigenvalue weighted by atomic mass is 32.2. The van der Waals surface area contributed by atoms with Crippen molar-refractivity contribution in [3.8, 4) is 5.69 Å². The van der Waals surface area contributed by atoms with Gasteiger partial charge in [0.05, 0.1) is 11.9 Å². The number of rotatable bonds is 9. The number of nitrogens with zero attached hydrogens (tertiary/aromatic N) is 3. The number of thioether (sulfide) groups is 1. The van der Waals surface area contributed by atoms with E-state index in [9.17, 15) is 4.79 Å². The number of carbonyl (C=O) groups excluding carboxylic acids is 1. The molecule has 162 valence electrons. The van der Waals surface area contributed by atoms with Crippen LogP contribution in [0.5, 0.6) is 0 Å². The van der Waals surface area contributed by atoms with Crippen LogP contribution in [0.3, 0.4) is 0 Å². The molecule has 0 bridgehead atoms. The molecule has 2 aromatic carbocycles. The summed E-state index contributed by atoms with van der Waals surface area (Å²) in [7, 11) is 0. The average molecular weight is 437 g/mol. The Labute approximate surface area is 187 Å². The second kappa shape index (κ2) is 10.6. The van der Waals surface area contributed by atoms with E-state index in [1.165, 1.54) is 22.9 Å². The number of hydrogen-bond acceptors (Lipinski definition) is 5. The van der Waals surface area contributed by atoms with E-state index in [0.717, 1.165) is 49.0 Å². The van der Waals surface area contributed by atoms with Crippen LogP contribution in [0.15, 0.2) is 59.8 Å². The van der Waals surface area contributed by atoms with Crippen molar-refractivity contribution >= 4 is 17.7 Å². The lowest BCUT2D eigenvalue weighted by Crippen LogP contribution is -2.32. The molecule has 0 aliphatic carbocycles. The van der Waals surface area contributed by atoms with E-state index in [2.05, 4.69) is 75.5 Å². The molecule has 31 heavy (non-hydrogen) atoms. The molecule has 0 saturated carbocycles. The lowest BCUT2D eigenvalue weighted by atomic mass is 10.1. The summed E-state index contributed by atoms with van der Waals surface area (Å²) in [6, 6.07) is 18.7. The lowest BCUT2D eigenvalue weighted by Gasteiger charge is -2.12. The first-order valence-corrected chi connectivity index (χ1v) is 11.7. The van der Waals surface area contributed by atoms with E-state index in [1.54, 1.807) is 0 Å². The molecule has 6 nitrogen and oxygen atoms in total. The smallest absolute Gasteiger partial charge is 0.230 e. The molecule has 3 aromatic rings. The molecule has 0 unspecified atom stereocenters. The van der Waals surface area contributed by atoms with E-state index >= 15 is 0 Å². The van der Waals surface area contributed by atoms with Crippen LogP contribution in [0.2, 0.25) is 0 Å². The Bertz CT molecular complexity index is 983. The maximum atomic E-state index is 12.3. The molecule has 2 heterocycles. The van der Waals surface area contributed by atoms with Crippen molar-refractivity contribution in [3.63, 3.8) is 0 Å². The van der Waals surface area contributed by atoms with Crippen molar-refractivity contribution in [2.24, 2.45) is 0 Å². The van der Waals surface area contributed by atoms with Crippen molar-refractivity contribution in [2.45, 2.75) is 43.9 Å². The topological polar surface area (TPSA) is 69.0 Å². The molecule has 1 aliphatic heterocycles. The molecule has 7 heteroatoms. The lowest BCUT2D eigenvalue weighted by molar-refractivity contribution is -0.119. The number of benzene rings is 2. The summed E-state index contributed by atoms with van der Waals surface area (Å²) >= 11 is 1.42. The molecule has 1 amide bonds. The molecule has 0 spiro atoms. The van der Waals surface area contributed by atoms with Gasteiger partial charge in [0.15, 0.2) is 5.16 Å². The number of ether oxygens (including phenoxy) is 1. The van der Waals surface area contributed by atoms with Crippen LogP contribution in [-0.4, -0.2) is 45.7 Å². The van der Waals surface area contributed by atoms with Gasteiger partial charge in [-0.1, -0.05) is 59.8 Å². The highest BCUT2D eigenvalue weighted by molar-refractivity contribution is 7.99. The predicted molar refractivity (Wildman–Crippen MR) is 123 cm³/mol. The van der Waals surface area contributed by atoms with Crippen molar-refractivity contribution < 1.29 is 9.53 Å². The number of carbonyl (C=O) groups is 1. The van der Waals surface area contributed by atoms with Gasteiger partial charge in [-0.2, -0.15) is 0 Å². The van der Waals surface area contributed by atoms with Crippen molar-refractivity contribution in [2.75, 3.05) is 18.9 Å². The summed E-state index contributed by atoms with van der Waals surface area (Å²) in [6.07, 6.45) is 3.89. The van der Waals surface area contributed by atoms with Crippen LogP contribution < -0.4 is 5.32 Å². The number of nitrogens with one attached hydrogen (secondary N) is 1. The van der Waals surface area contributed by atoms with Gasteiger partial charge < -0.3 is 10.1 Å². The molecule has 1 aliphatic rings. The summed E-state index contributed by atoms with van der Waals surface area (Å²) in [5.41, 5.74) is 3.48. The highest BCUT2D eigenvalue weighted by Gasteiger charge is 2.18.